The fraction of sp³-hybridized carbons (Fsp3) is 0.722. The Kier molecular flexibility index (Phi) is 4.62. The molecule has 2 rings (SSSR count). The summed E-state index contributed by atoms with van der Waals surface area (Å²) in [5.74, 6) is 0.253. The molecule has 1 aromatic heterocycles. The van der Waals surface area contributed by atoms with E-state index in [1.165, 1.54) is 25.7 Å². The highest BCUT2D eigenvalue weighted by Crippen LogP contribution is 2.36. The van der Waals surface area contributed by atoms with Crippen LogP contribution in [-0.2, 0) is 7.05 Å². The zero-order chi connectivity index (χ0) is 15.8. The first-order chi connectivity index (χ1) is 9.71. The summed E-state index contributed by atoms with van der Waals surface area (Å²) < 4.78 is 2.09. The number of carbonyl (C=O) groups excluding carboxylic acids is 1. The summed E-state index contributed by atoms with van der Waals surface area (Å²) in [5, 5.41) is 0. The van der Waals surface area contributed by atoms with E-state index in [-0.39, 0.29) is 5.78 Å². The second-order valence-electron chi connectivity index (χ2n) is 7.58. The van der Waals surface area contributed by atoms with Gasteiger partial charge in [-0.3, -0.25) is 9.69 Å². The highest BCUT2D eigenvalue weighted by Gasteiger charge is 2.29. The zero-order valence-electron chi connectivity index (χ0n) is 14.5. The fourth-order valence-corrected chi connectivity index (χ4v) is 3.40. The molecule has 0 N–H and O–H groups in total. The lowest BCUT2D eigenvalue weighted by molar-refractivity contribution is 0.0851. The van der Waals surface area contributed by atoms with Gasteiger partial charge in [0.15, 0.2) is 5.78 Å². The Hall–Kier alpha value is -1.09. The molecule has 3 heteroatoms. The Balaban J connectivity index is 1.98. The molecule has 0 radical (unpaired) electrons. The number of hydrogen-bond acceptors (Lipinski definition) is 2. The van der Waals surface area contributed by atoms with Crippen LogP contribution in [0.25, 0.3) is 0 Å². The van der Waals surface area contributed by atoms with Gasteiger partial charge in [-0.25, -0.2) is 0 Å². The Morgan fingerprint density at radius 1 is 1.33 bits per heavy atom. The molecule has 0 aliphatic heterocycles. The van der Waals surface area contributed by atoms with Crippen molar-refractivity contribution >= 4 is 5.78 Å². The molecule has 1 aliphatic rings. The first kappa shape index (κ1) is 16.3. The topological polar surface area (TPSA) is 25.2 Å². The van der Waals surface area contributed by atoms with Gasteiger partial charge in [-0.05, 0) is 58.1 Å². The molecule has 1 aliphatic carbocycles. The summed E-state index contributed by atoms with van der Waals surface area (Å²) >= 11 is 0. The van der Waals surface area contributed by atoms with Crippen LogP contribution in [0, 0.1) is 19.3 Å². The van der Waals surface area contributed by atoms with Crippen LogP contribution < -0.4 is 0 Å². The maximum absolute atomic E-state index is 12.6. The highest BCUT2D eigenvalue weighted by molar-refractivity contribution is 5.99. The van der Waals surface area contributed by atoms with Crippen LogP contribution >= 0.6 is 0 Å². The normalized spacial score (nSPS) is 19.2. The summed E-state index contributed by atoms with van der Waals surface area (Å²) in [6.45, 7) is 9.32. The number of hydrogen-bond donors (Lipinski definition) is 0. The Morgan fingerprint density at radius 3 is 2.38 bits per heavy atom. The second-order valence-corrected chi connectivity index (χ2v) is 7.58. The average molecular weight is 290 g/mol. The molecule has 0 atom stereocenters. The zero-order valence-corrected chi connectivity index (χ0v) is 14.5. The van der Waals surface area contributed by atoms with Gasteiger partial charge in [0.2, 0.25) is 0 Å². The van der Waals surface area contributed by atoms with Crippen LogP contribution in [0.3, 0.4) is 0 Å². The van der Waals surface area contributed by atoms with E-state index in [1.807, 2.05) is 20.0 Å². The molecule has 118 valence electrons. The summed E-state index contributed by atoms with van der Waals surface area (Å²) in [7, 11) is 4.13. The summed E-state index contributed by atoms with van der Waals surface area (Å²) in [6, 6.07) is 2.59. The highest BCUT2D eigenvalue weighted by atomic mass is 16.1. The van der Waals surface area contributed by atoms with Gasteiger partial charge in [0.1, 0.15) is 0 Å². The minimum absolute atomic E-state index is 0.253. The van der Waals surface area contributed by atoms with Crippen molar-refractivity contribution in [2.75, 3.05) is 13.6 Å². The van der Waals surface area contributed by atoms with Gasteiger partial charge >= 0.3 is 0 Å². The number of carbonyl (C=O) groups is 1. The van der Waals surface area contributed by atoms with E-state index in [1.54, 1.807) is 0 Å². The number of Topliss-reactive ketones (excluding diaryl/α,β-unsaturated/α-hetero) is 1. The summed E-state index contributed by atoms with van der Waals surface area (Å²) in [5.41, 5.74) is 3.60. The molecule has 0 amide bonds. The number of rotatable bonds is 4. The van der Waals surface area contributed by atoms with E-state index in [4.69, 9.17) is 0 Å². The summed E-state index contributed by atoms with van der Waals surface area (Å²) in [6.07, 6.45) is 4.95. The molecule has 0 aromatic carbocycles. The number of aryl methyl sites for hydroxylation is 1. The van der Waals surface area contributed by atoms with E-state index in [2.05, 4.69) is 37.3 Å². The molecule has 0 saturated heterocycles. The molecular formula is C18H30N2O. The number of likely N-dealkylation sites (N-methyl/N-ethyl adjacent to an activating group) is 1. The van der Waals surface area contributed by atoms with Crippen molar-refractivity contribution in [1.29, 1.82) is 0 Å². The van der Waals surface area contributed by atoms with Gasteiger partial charge in [-0.2, -0.15) is 0 Å². The molecule has 1 heterocycles. The number of nitrogens with zero attached hydrogens (tertiary/aromatic N) is 2. The van der Waals surface area contributed by atoms with Crippen LogP contribution in [-0.4, -0.2) is 34.9 Å². The maximum atomic E-state index is 12.6. The van der Waals surface area contributed by atoms with Crippen LogP contribution in [0.1, 0.15) is 61.3 Å². The Morgan fingerprint density at radius 2 is 1.90 bits per heavy atom. The van der Waals surface area contributed by atoms with Crippen LogP contribution in [0.4, 0.5) is 0 Å². The monoisotopic (exact) mass is 290 g/mol. The van der Waals surface area contributed by atoms with Crippen molar-refractivity contribution in [3.05, 3.63) is 23.0 Å². The second kappa shape index (κ2) is 5.96. The third kappa shape index (κ3) is 3.57. The maximum Gasteiger partial charge on any atom is 0.178 e. The lowest BCUT2D eigenvalue weighted by atomic mass is 9.75. The largest absolute Gasteiger partial charge is 0.351 e. The molecule has 21 heavy (non-hydrogen) atoms. The third-order valence-electron chi connectivity index (χ3n) is 5.40. The van der Waals surface area contributed by atoms with Crippen molar-refractivity contribution in [2.45, 2.75) is 59.4 Å². The van der Waals surface area contributed by atoms with Crippen molar-refractivity contribution in [2.24, 2.45) is 12.5 Å². The molecule has 0 bridgehead atoms. The quantitative estimate of drug-likeness (QED) is 0.790. The van der Waals surface area contributed by atoms with E-state index in [0.717, 1.165) is 17.0 Å². The molecule has 1 saturated carbocycles. The molecule has 0 unspecified atom stereocenters. The van der Waals surface area contributed by atoms with E-state index in [0.29, 0.717) is 18.0 Å². The van der Waals surface area contributed by atoms with E-state index < -0.39 is 0 Å². The van der Waals surface area contributed by atoms with Crippen LogP contribution in [0.15, 0.2) is 6.07 Å². The smallest absolute Gasteiger partial charge is 0.178 e. The van der Waals surface area contributed by atoms with Gasteiger partial charge < -0.3 is 4.57 Å². The fourth-order valence-electron chi connectivity index (χ4n) is 3.40. The van der Waals surface area contributed by atoms with E-state index >= 15 is 0 Å². The van der Waals surface area contributed by atoms with Crippen molar-refractivity contribution in [3.8, 4) is 0 Å². The predicted molar refractivity (Wildman–Crippen MR) is 87.9 cm³/mol. The SMILES string of the molecule is Cc1cc(C(=O)CN(C)C2CCC(C)(C)CC2)c(C)n1C. The van der Waals surface area contributed by atoms with Gasteiger partial charge in [-0.1, -0.05) is 13.8 Å². The van der Waals surface area contributed by atoms with Crippen molar-refractivity contribution in [3.63, 3.8) is 0 Å². The first-order valence-corrected chi connectivity index (χ1v) is 8.07. The molecule has 0 spiro atoms. The van der Waals surface area contributed by atoms with Crippen LogP contribution in [0.5, 0.6) is 0 Å². The van der Waals surface area contributed by atoms with Gasteiger partial charge in [-0.15, -0.1) is 0 Å². The van der Waals surface area contributed by atoms with Crippen molar-refractivity contribution in [1.82, 2.24) is 9.47 Å². The first-order valence-electron chi connectivity index (χ1n) is 8.07. The third-order valence-corrected chi connectivity index (χ3v) is 5.40. The average Bonchev–Trinajstić information content (AvgIpc) is 2.66. The Bertz CT molecular complexity index is 518. The summed E-state index contributed by atoms with van der Waals surface area (Å²) in [4.78, 5) is 14.8. The molecular weight excluding hydrogens is 260 g/mol. The number of aromatic nitrogens is 1. The minimum atomic E-state index is 0.253. The predicted octanol–water partition coefficient (Wildman–Crippen LogP) is 3.73. The van der Waals surface area contributed by atoms with Gasteiger partial charge in [0.25, 0.3) is 0 Å². The van der Waals surface area contributed by atoms with E-state index in [9.17, 15) is 4.79 Å². The lowest BCUT2D eigenvalue weighted by Crippen LogP contribution is -2.40. The van der Waals surface area contributed by atoms with Crippen molar-refractivity contribution < 1.29 is 4.79 Å². The lowest BCUT2D eigenvalue weighted by Gasteiger charge is -2.38. The standard InChI is InChI=1S/C18H30N2O/c1-13-11-16(14(2)20(13)6)17(21)12-19(5)15-7-9-18(3,4)10-8-15/h11,15H,7-10,12H2,1-6H3. The molecule has 1 fully saturated rings. The number of ketones is 1. The Labute approximate surface area is 129 Å². The van der Waals surface area contributed by atoms with Crippen LogP contribution in [0.2, 0.25) is 0 Å². The van der Waals surface area contributed by atoms with Gasteiger partial charge in [0, 0.05) is 30.0 Å². The molecule has 3 nitrogen and oxygen atoms in total. The molecule has 1 aromatic rings. The minimum Gasteiger partial charge on any atom is -0.351 e. The van der Waals surface area contributed by atoms with Gasteiger partial charge in [0.05, 0.1) is 6.54 Å².